The smallest absolute Gasteiger partial charge is 0.261 e. The fourth-order valence-electron chi connectivity index (χ4n) is 4.32. The van der Waals surface area contributed by atoms with Gasteiger partial charge in [0, 0.05) is 24.2 Å². The summed E-state index contributed by atoms with van der Waals surface area (Å²) < 4.78 is 28.2. The van der Waals surface area contributed by atoms with Crippen LogP contribution in [0.15, 0.2) is 53.4 Å². The van der Waals surface area contributed by atoms with Crippen LogP contribution >= 0.6 is 0 Å². The first kappa shape index (κ1) is 17.6. The van der Waals surface area contributed by atoms with Crippen molar-refractivity contribution in [2.75, 3.05) is 24.9 Å². The van der Waals surface area contributed by atoms with Crippen LogP contribution in [0.2, 0.25) is 0 Å². The highest BCUT2D eigenvalue weighted by molar-refractivity contribution is 7.92. The number of likely N-dealkylation sites (tertiary alicyclic amines) is 1. The van der Waals surface area contributed by atoms with E-state index in [9.17, 15) is 8.42 Å². The van der Waals surface area contributed by atoms with Crippen molar-refractivity contribution >= 4 is 15.7 Å². The zero-order chi connectivity index (χ0) is 18.5. The number of hydrogen-bond acceptors (Lipinski definition) is 3. The van der Waals surface area contributed by atoms with Crippen molar-refractivity contribution in [1.82, 2.24) is 4.90 Å². The van der Waals surface area contributed by atoms with Gasteiger partial charge in [-0.2, -0.15) is 0 Å². The van der Waals surface area contributed by atoms with Crippen molar-refractivity contribution in [3.63, 3.8) is 0 Å². The molecule has 4 rings (SSSR count). The maximum Gasteiger partial charge on any atom is 0.261 e. The van der Waals surface area contributed by atoms with E-state index in [1.165, 1.54) is 12.0 Å². The highest BCUT2D eigenvalue weighted by atomic mass is 32.2. The molecule has 2 aliphatic rings. The van der Waals surface area contributed by atoms with Crippen molar-refractivity contribution in [1.29, 1.82) is 0 Å². The van der Waals surface area contributed by atoms with Gasteiger partial charge in [0.2, 0.25) is 0 Å². The third-order valence-corrected chi connectivity index (χ3v) is 7.26. The molecule has 26 heavy (non-hydrogen) atoms. The molecular formula is C21H26N2O2S. The van der Waals surface area contributed by atoms with Crippen molar-refractivity contribution in [2.45, 2.75) is 36.5 Å². The lowest BCUT2D eigenvalue weighted by Gasteiger charge is -2.18. The molecule has 1 aliphatic heterocycles. The molecule has 0 radical (unpaired) electrons. The molecule has 4 nitrogen and oxygen atoms in total. The molecule has 1 aliphatic carbocycles. The molecular weight excluding hydrogens is 344 g/mol. The Morgan fingerprint density at radius 1 is 1.15 bits per heavy atom. The largest absolute Gasteiger partial charge is 0.305 e. The number of rotatable bonds is 5. The summed E-state index contributed by atoms with van der Waals surface area (Å²) in [6.07, 6.45) is 1.21. The zero-order valence-electron chi connectivity index (χ0n) is 15.6. The molecule has 1 heterocycles. The van der Waals surface area contributed by atoms with Gasteiger partial charge in [-0.1, -0.05) is 38.1 Å². The van der Waals surface area contributed by atoms with E-state index in [1.807, 2.05) is 30.3 Å². The predicted octanol–water partition coefficient (Wildman–Crippen LogP) is 3.81. The van der Waals surface area contributed by atoms with Gasteiger partial charge in [0.05, 0.1) is 4.90 Å². The quantitative estimate of drug-likeness (QED) is 0.871. The maximum absolute atomic E-state index is 12.7. The summed E-state index contributed by atoms with van der Waals surface area (Å²) in [6.45, 7) is 6.39. The van der Waals surface area contributed by atoms with Gasteiger partial charge in [-0.05, 0) is 60.7 Å². The first-order valence-corrected chi connectivity index (χ1v) is 10.7. The van der Waals surface area contributed by atoms with Crippen LogP contribution in [0.5, 0.6) is 0 Å². The Bertz CT molecular complexity index is 921. The molecule has 0 unspecified atom stereocenters. The molecule has 2 atom stereocenters. The fraction of sp³-hybridized carbons (Fsp3) is 0.429. The summed E-state index contributed by atoms with van der Waals surface area (Å²) in [6, 6.07) is 15.1. The van der Waals surface area contributed by atoms with Crippen LogP contribution in [0.4, 0.5) is 5.69 Å². The van der Waals surface area contributed by atoms with Crippen molar-refractivity contribution in [2.24, 2.45) is 5.92 Å². The Morgan fingerprint density at radius 3 is 2.50 bits per heavy atom. The first-order valence-electron chi connectivity index (χ1n) is 9.22. The lowest BCUT2D eigenvalue weighted by Crippen LogP contribution is -2.22. The normalized spacial score (nSPS) is 25.3. The average Bonchev–Trinajstić information content (AvgIpc) is 3.17. The molecule has 1 saturated heterocycles. The van der Waals surface area contributed by atoms with E-state index < -0.39 is 10.0 Å². The molecule has 1 N–H and O–H groups in total. The highest BCUT2D eigenvalue weighted by Crippen LogP contribution is 2.58. The number of nitrogens with one attached hydrogen (secondary N) is 1. The Kier molecular flexibility index (Phi) is 4.12. The van der Waals surface area contributed by atoms with E-state index in [4.69, 9.17) is 0 Å². The second kappa shape index (κ2) is 6.10. The van der Waals surface area contributed by atoms with E-state index in [0.29, 0.717) is 22.4 Å². The van der Waals surface area contributed by atoms with E-state index in [-0.39, 0.29) is 5.41 Å². The Hall–Kier alpha value is -1.85. The molecule has 0 bridgehead atoms. The SMILES string of the molecule is CC(C)c1ccc(S(=O)(=O)Nc2cccc([C@]34C[C@H]3CN(C)C4)c2)cc1. The average molecular weight is 371 g/mol. The Labute approximate surface area is 156 Å². The number of anilines is 1. The van der Waals surface area contributed by atoms with Crippen LogP contribution in [-0.2, 0) is 15.4 Å². The summed E-state index contributed by atoms with van der Waals surface area (Å²) >= 11 is 0. The van der Waals surface area contributed by atoms with Gasteiger partial charge in [-0.3, -0.25) is 4.72 Å². The van der Waals surface area contributed by atoms with Crippen LogP contribution in [0.25, 0.3) is 0 Å². The van der Waals surface area contributed by atoms with Crippen molar-refractivity contribution in [3.8, 4) is 0 Å². The Balaban J connectivity index is 1.56. The van der Waals surface area contributed by atoms with Crippen molar-refractivity contribution in [3.05, 3.63) is 59.7 Å². The first-order chi connectivity index (χ1) is 12.3. The number of sulfonamides is 1. The molecule has 5 heteroatoms. The van der Waals surface area contributed by atoms with Gasteiger partial charge in [0.15, 0.2) is 0 Å². The predicted molar refractivity (Wildman–Crippen MR) is 105 cm³/mol. The van der Waals surface area contributed by atoms with Crippen LogP contribution in [0.3, 0.4) is 0 Å². The topological polar surface area (TPSA) is 49.4 Å². The van der Waals surface area contributed by atoms with Gasteiger partial charge in [0.1, 0.15) is 0 Å². The van der Waals surface area contributed by atoms with Gasteiger partial charge in [-0.15, -0.1) is 0 Å². The van der Waals surface area contributed by atoms with Crippen LogP contribution in [0.1, 0.15) is 37.3 Å². The number of piperidine rings is 1. The van der Waals surface area contributed by atoms with Gasteiger partial charge in [0.25, 0.3) is 10.0 Å². The number of nitrogens with zero attached hydrogens (tertiary/aromatic N) is 1. The number of likely N-dealkylation sites (N-methyl/N-ethyl adjacent to an activating group) is 1. The number of benzene rings is 2. The third-order valence-electron chi connectivity index (χ3n) is 5.86. The molecule has 2 aromatic rings. The van der Waals surface area contributed by atoms with Crippen LogP contribution in [0, 0.1) is 5.92 Å². The molecule has 0 aromatic heterocycles. The second-order valence-corrected chi connectivity index (χ2v) is 9.85. The van der Waals surface area contributed by atoms with Crippen LogP contribution < -0.4 is 4.72 Å². The standard InChI is InChI=1S/C21H26N2O2S/c1-15(2)16-7-9-20(10-8-16)26(24,25)22-19-6-4-5-17(11-19)21-12-18(21)13-23(3)14-21/h4-11,15,18,22H,12-14H2,1-3H3/t18-,21+/m0/s1. The van der Waals surface area contributed by atoms with Crippen molar-refractivity contribution < 1.29 is 8.42 Å². The fourth-order valence-corrected chi connectivity index (χ4v) is 5.37. The minimum absolute atomic E-state index is 0.231. The van der Waals surface area contributed by atoms with E-state index >= 15 is 0 Å². The molecule has 2 aromatic carbocycles. The van der Waals surface area contributed by atoms with Crippen LogP contribution in [-0.4, -0.2) is 33.5 Å². The van der Waals surface area contributed by atoms with Gasteiger partial charge in [-0.25, -0.2) is 8.42 Å². The number of fused-ring (bicyclic) bond motifs is 1. The minimum atomic E-state index is -3.57. The number of hydrogen-bond donors (Lipinski definition) is 1. The summed E-state index contributed by atoms with van der Waals surface area (Å²) in [5.74, 6) is 1.09. The van der Waals surface area contributed by atoms with E-state index in [1.54, 1.807) is 12.1 Å². The van der Waals surface area contributed by atoms with Gasteiger partial charge >= 0.3 is 0 Å². The molecule has 0 spiro atoms. The van der Waals surface area contributed by atoms with E-state index in [0.717, 1.165) is 18.7 Å². The van der Waals surface area contributed by atoms with Gasteiger partial charge < -0.3 is 4.90 Å². The Morgan fingerprint density at radius 2 is 1.88 bits per heavy atom. The lowest BCUT2D eigenvalue weighted by atomic mass is 9.95. The summed E-state index contributed by atoms with van der Waals surface area (Å²) in [4.78, 5) is 2.66. The second-order valence-electron chi connectivity index (χ2n) is 8.16. The molecule has 2 fully saturated rings. The molecule has 138 valence electrons. The molecule has 0 amide bonds. The summed E-state index contributed by atoms with van der Waals surface area (Å²) in [5.41, 5.74) is 3.26. The monoisotopic (exact) mass is 370 g/mol. The maximum atomic E-state index is 12.7. The van der Waals surface area contributed by atoms with E-state index in [2.05, 4.69) is 36.6 Å². The lowest BCUT2D eigenvalue weighted by molar-refractivity contribution is 0.363. The minimum Gasteiger partial charge on any atom is -0.305 e. The third kappa shape index (κ3) is 3.03. The summed E-state index contributed by atoms with van der Waals surface area (Å²) in [7, 11) is -1.42. The highest BCUT2D eigenvalue weighted by Gasteiger charge is 2.59. The molecule has 1 saturated carbocycles. The zero-order valence-corrected chi connectivity index (χ0v) is 16.4. The summed E-state index contributed by atoms with van der Waals surface area (Å²) in [5, 5.41) is 0.